The molecule has 10 nitrogen and oxygen atoms in total. The maximum Gasteiger partial charge on any atom is 0.343 e. The second-order valence-corrected chi connectivity index (χ2v) is 10.9. The molecule has 1 saturated carbocycles. The Morgan fingerprint density at radius 2 is 1.60 bits per heavy atom. The summed E-state index contributed by atoms with van der Waals surface area (Å²) in [4.78, 5) is 57.0. The van der Waals surface area contributed by atoms with Gasteiger partial charge in [-0.3, -0.25) is 9.78 Å². The molecule has 224 valence electrons. The average Bonchev–Trinajstić information content (AvgIpc) is 3.52. The first-order valence-electron chi connectivity index (χ1n) is 13.7. The number of pyridine rings is 1. The summed E-state index contributed by atoms with van der Waals surface area (Å²) in [5, 5.41) is 0.245. The number of hydrogen-bond donors (Lipinski definition) is 0. The minimum absolute atomic E-state index is 0.0666. The van der Waals surface area contributed by atoms with Crippen LogP contribution >= 0.6 is 23.2 Å². The Bertz CT molecular complexity index is 1390. The maximum absolute atomic E-state index is 14.3. The van der Waals surface area contributed by atoms with Crippen LogP contribution in [-0.2, 0) is 35.1 Å². The van der Waals surface area contributed by atoms with Gasteiger partial charge in [0.15, 0.2) is 6.61 Å². The van der Waals surface area contributed by atoms with Gasteiger partial charge in [0.25, 0.3) is 5.91 Å². The second kappa shape index (κ2) is 14.5. The molecule has 4 rings (SSSR count). The van der Waals surface area contributed by atoms with Crippen molar-refractivity contribution in [1.82, 2.24) is 4.98 Å². The highest BCUT2D eigenvalue weighted by molar-refractivity contribution is 6.37. The number of esters is 3. The van der Waals surface area contributed by atoms with Crippen LogP contribution in [0.1, 0.15) is 67.3 Å². The highest BCUT2D eigenvalue weighted by atomic mass is 35.5. The van der Waals surface area contributed by atoms with Crippen molar-refractivity contribution >= 4 is 52.7 Å². The van der Waals surface area contributed by atoms with Gasteiger partial charge in [-0.05, 0) is 69.1 Å². The summed E-state index contributed by atoms with van der Waals surface area (Å²) in [6.07, 6.45) is 8.62. The van der Waals surface area contributed by atoms with Crippen molar-refractivity contribution in [2.45, 2.75) is 64.0 Å². The molecule has 0 atom stereocenters. The number of carbonyl (C=O) groups is 4. The normalized spacial score (nSPS) is 15.2. The molecule has 0 aliphatic heterocycles. The Kier molecular flexibility index (Phi) is 10.8. The van der Waals surface area contributed by atoms with E-state index in [0.29, 0.717) is 29.6 Å². The molecule has 0 unspecified atom stereocenters. The fourth-order valence-corrected chi connectivity index (χ4v) is 5.58. The van der Waals surface area contributed by atoms with Gasteiger partial charge in [0.05, 0.1) is 42.1 Å². The number of methoxy groups -OCH3 is 2. The molecule has 2 aliphatic carbocycles. The number of anilines is 1. The molecular formula is C30H32Cl2N2O8. The van der Waals surface area contributed by atoms with Gasteiger partial charge < -0.3 is 23.8 Å². The Labute approximate surface area is 253 Å². The van der Waals surface area contributed by atoms with E-state index in [9.17, 15) is 19.2 Å². The fourth-order valence-electron chi connectivity index (χ4n) is 5.04. The molecule has 2 aliphatic rings. The first-order valence-corrected chi connectivity index (χ1v) is 14.4. The lowest BCUT2D eigenvalue weighted by molar-refractivity contribution is -0.144. The number of carbonyl (C=O) groups excluding carboxylic acids is 4. The predicted molar refractivity (Wildman–Crippen MR) is 155 cm³/mol. The molecule has 42 heavy (non-hydrogen) atoms. The van der Waals surface area contributed by atoms with Crippen molar-refractivity contribution < 1.29 is 38.1 Å². The topological polar surface area (TPSA) is 121 Å². The van der Waals surface area contributed by atoms with Gasteiger partial charge >= 0.3 is 17.9 Å². The molecule has 12 heteroatoms. The van der Waals surface area contributed by atoms with Gasteiger partial charge in [-0.15, -0.1) is 0 Å². The number of aromatic nitrogens is 1. The predicted octanol–water partition coefficient (Wildman–Crippen LogP) is 5.62. The second-order valence-electron chi connectivity index (χ2n) is 10.0. The van der Waals surface area contributed by atoms with Gasteiger partial charge in [-0.2, -0.15) is 0 Å². The number of benzene rings is 1. The summed E-state index contributed by atoms with van der Waals surface area (Å²) in [6, 6.07) is 4.41. The molecule has 2 aromatic rings. The zero-order valence-corrected chi connectivity index (χ0v) is 25.0. The van der Waals surface area contributed by atoms with E-state index >= 15 is 0 Å². The Morgan fingerprint density at radius 3 is 2.29 bits per heavy atom. The molecule has 1 aromatic heterocycles. The van der Waals surface area contributed by atoms with Gasteiger partial charge in [0.1, 0.15) is 11.9 Å². The SMILES string of the molecule is COC(=O)COc1cc(N(Cc2cncc(C(=O)OC)c2)C(=O)C2=C(C(=O)OC3CCCC3)CCCC2)c(Cl)cc1Cl. The van der Waals surface area contributed by atoms with E-state index in [1.54, 1.807) is 6.07 Å². The van der Waals surface area contributed by atoms with E-state index in [-0.39, 0.29) is 39.7 Å². The zero-order chi connectivity index (χ0) is 30.2. The van der Waals surface area contributed by atoms with Crippen molar-refractivity contribution in [2.75, 3.05) is 25.7 Å². The first-order chi connectivity index (χ1) is 20.2. The maximum atomic E-state index is 14.3. The van der Waals surface area contributed by atoms with Crippen molar-refractivity contribution in [3.63, 3.8) is 0 Å². The lowest BCUT2D eigenvalue weighted by Gasteiger charge is -2.28. The third kappa shape index (κ3) is 7.60. The molecule has 0 bridgehead atoms. The number of hydrogen-bond acceptors (Lipinski definition) is 9. The summed E-state index contributed by atoms with van der Waals surface area (Å²) in [5.41, 5.74) is 1.61. The first kappa shape index (κ1) is 31.3. The molecule has 0 N–H and O–H groups in total. The lowest BCUT2D eigenvalue weighted by atomic mass is 9.90. The Morgan fingerprint density at radius 1 is 0.881 bits per heavy atom. The highest BCUT2D eigenvalue weighted by Gasteiger charge is 2.32. The van der Waals surface area contributed by atoms with Crippen LogP contribution in [0.5, 0.6) is 5.75 Å². The van der Waals surface area contributed by atoms with E-state index in [4.69, 9.17) is 37.4 Å². The standard InChI is InChI=1S/C30H32Cl2N2O8/c1-39-27(35)17-41-26-13-25(23(31)12-24(26)32)34(16-18-11-19(15-33-14-18)29(37)40-2)28(36)21-9-5-6-10-22(21)30(38)42-20-7-3-4-8-20/h11-15,20H,3-10,16-17H2,1-2H3. The van der Waals surface area contributed by atoms with E-state index in [2.05, 4.69) is 9.72 Å². The highest BCUT2D eigenvalue weighted by Crippen LogP contribution is 2.39. The van der Waals surface area contributed by atoms with Crippen LogP contribution in [0.15, 0.2) is 41.7 Å². The largest absolute Gasteiger partial charge is 0.480 e. The molecule has 1 heterocycles. The van der Waals surface area contributed by atoms with Gasteiger partial charge in [-0.25, -0.2) is 14.4 Å². The Balaban J connectivity index is 1.76. The van der Waals surface area contributed by atoms with Gasteiger partial charge in [0, 0.05) is 29.6 Å². The van der Waals surface area contributed by atoms with Crippen LogP contribution in [0.25, 0.3) is 0 Å². The number of halogens is 2. The Hall–Kier alpha value is -3.63. The third-order valence-corrected chi connectivity index (χ3v) is 7.81. The van der Waals surface area contributed by atoms with E-state index in [1.165, 1.54) is 43.6 Å². The van der Waals surface area contributed by atoms with Crippen LogP contribution in [-0.4, -0.2) is 55.7 Å². The fraction of sp³-hybridized carbons (Fsp3) is 0.433. The van der Waals surface area contributed by atoms with E-state index in [1.807, 2.05) is 0 Å². The summed E-state index contributed by atoms with van der Waals surface area (Å²) >= 11 is 13.0. The van der Waals surface area contributed by atoms with E-state index < -0.39 is 30.4 Å². The number of ether oxygens (including phenoxy) is 4. The van der Waals surface area contributed by atoms with Crippen molar-refractivity contribution in [2.24, 2.45) is 0 Å². The number of rotatable bonds is 10. The van der Waals surface area contributed by atoms with Crippen molar-refractivity contribution in [3.05, 3.63) is 62.9 Å². The third-order valence-electron chi connectivity index (χ3n) is 7.22. The summed E-state index contributed by atoms with van der Waals surface area (Å²) in [6.45, 7) is -0.485. The summed E-state index contributed by atoms with van der Waals surface area (Å²) in [5.74, 6) is -2.04. The molecular weight excluding hydrogens is 587 g/mol. The molecule has 0 radical (unpaired) electrons. The van der Waals surface area contributed by atoms with Crippen molar-refractivity contribution in [3.8, 4) is 5.75 Å². The quantitative estimate of drug-likeness (QED) is 0.247. The summed E-state index contributed by atoms with van der Waals surface area (Å²) < 4.78 is 20.8. The molecule has 1 amide bonds. The molecule has 1 aromatic carbocycles. The number of amides is 1. The lowest BCUT2D eigenvalue weighted by Crippen LogP contribution is -2.34. The zero-order valence-electron chi connectivity index (χ0n) is 23.5. The monoisotopic (exact) mass is 618 g/mol. The summed E-state index contributed by atoms with van der Waals surface area (Å²) in [7, 11) is 2.49. The van der Waals surface area contributed by atoms with Gasteiger partial charge in [-0.1, -0.05) is 23.2 Å². The molecule has 0 saturated heterocycles. The average molecular weight is 619 g/mol. The smallest absolute Gasteiger partial charge is 0.343 e. The van der Waals surface area contributed by atoms with Crippen LogP contribution in [0.2, 0.25) is 10.0 Å². The van der Waals surface area contributed by atoms with E-state index in [0.717, 1.165) is 38.5 Å². The van der Waals surface area contributed by atoms with Gasteiger partial charge in [0.2, 0.25) is 0 Å². The van der Waals surface area contributed by atoms with Crippen LogP contribution in [0, 0.1) is 0 Å². The van der Waals surface area contributed by atoms with Crippen LogP contribution in [0.4, 0.5) is 5.69 Å². The van der Waals surface area contributed by atoms with Crippen LogP contribution < -0.4 is 9.64 Å². The van der Waals surface area contributed by atoms with Crippen molar-refractivity contribution in [1.29, 1.82) is 0 Å². The molecule has 1 fully saturated rings. The minimum atomic E-state index is -0.626. The minimum Gasteiger partial charge on any atom is -0.480 e. The molecule has 0 spiro atoms. The number of nitrogens with zero attached hydrogens (tertiary/aromatic N) is 2. The van der Waals surface area contributed by atoms with Crippen LogP contribution in [0.3, 0.4) is 0 Å².